The Labute approximate surface area is 202 Å². The maximum Gasteiger partial charge on any atom is 0.237 e. The predicted octanol–water partition coefficient (Wildman–Crippen LogP) is 3.06. The molecule has 3 aromatic rings. The molecular formula is C24H25Cl2N5O2. The molecule has 0 spiro atoms. The van der Waals surface area contributed by atoms with Crippen molar-refractivity contribution in [2.75, 3.05) is 12.3 Å². The number of benzene rings is 2. The van der Waals surface area contributed by atoms with Crippen molar-refractivity contribution in [2.45, 2.75) is 24.9 Å². The Balaban J connectivity index is 1.68. The number of halogens is 2. The lowest BCUT2D eigenvalue weighted by Crippen LogP contribution is -2.45. The molecule has 0 unspecified atom stereocenters. The first kappa shape index (κ1) is 24.5. The Morgan fingerprint density at radius 3 is 2.33 bits per heavy atom. The van der Waals surface area contributed by atoms with E-state index in [0.717, 1.165) is 11.1 Å². The standard InChI is InChI=1S/C24H25Cl2N5O2/c25-19-8-7-17(11-20(19)26)18(23(32)30-13-16-6-9-22(28)29-12-16)14-31-24(33)21(27)10-15-4-2-1-3-5-15/h1-9,11-12,18,21H,10,13-14,27H2,(H2,28,29)(H,30,32)(H,31,33)/t18-,21+/m0/s1. The third kappa shape index (κ3) is 7.18. The van der Waals surface area contributed by atoms with Gasteiger partial charge < -0.3 is 22.1 Å². The molecule has 2 aromatic carbocycles. The summed E-state index contributed by atoms with van der Waals surface area (Å²) in [6, 6.07) is 17.1. The fourth-order valence-electron chi connectivity index (χ4n) is 3.24. The van der Waals surface area contributed by atoms with Crippen molar-refractivity contribution in [3.8, 4) is 0 Å². The van der Waals surface area contributed by atoms with Gasteiger partial charge in [-0.05, 0) is 41.3 Å². The molecule has 0 fully saturated rings. The van der Waals surface area contributed by atoms with Crippen LogP contribution < -0.4 is 22.1 Å². The highest BCUT2D eigenvalue weighted by molar-refractivity contribution is 6.42. The van der Waals surface area contributed by atoms with Crippen molar-refractivity contribution in [1.82, 2.24) is 15.6 Å². The first-order valence-corrected chi connectivity index (χ1v) is 11.1. The number of carbonyl (C=O) groups excluding carboxylic acids is 2. The van der Waals surface area contributed by atoms with E-state index in [9.17, 15) is 9.59 Å². The average Bonchev–Trinajstić information content (AvgIpc) is 2.81. The molecule has 6 N–H and O–H groups in total. The van der Waals surface area contributed by atoms with Gasteiger partial charge in [-0.3, -0.25) is 9.59 Å². The number of amides is 2. The second kappa shape index (κ2) is 11.7. The Kier molecular flexibility index (Phi) is 8.65. The van der Waals surface area contributed by atoms with E-state index in [-0.39, 0.29) is 24.9 Å². The van der Waals surface area contributed by atoms with E-state index in [0.29, 0.717) is 27.8 Å². The fraction of sp³-hybridized carbons (Fsp3) is 0.208. The zero-order valence-electron chi connectivity index (χ0n) is 17.8. The van der Waals surface area contributed by atoms with Gasteiger partial charge in [0.2, 0.25) is 11.8 Å². The molecule has 0 saturated heterocycles. The summed E-state index contributed by atoms with van der Waals surface area (Å²) in [7, 11) is 0. The van der Waals surface area contributed by atoms with E-state index in [1.165, 1.54) is 0 Å². The number of pyridine rings is 1. The molecular weight excluding hydrogens is 461 g/mol. The zero-order valence-corrected chi connectivity index (χ0v) is 19.3. The lowest BCUT2D eigenvalue weighted by molar-refractivity contribution is -0.124. The molecule has 3 rings (SSSR count). The highest BCUT2D eigenvalue weighted by Crippen LogP contribution is 2.26. The Bertz CT molecular complexity index is 1090. The van der Waals surface area contributed by atoms with Crippen LogP contribution in [0.1, 0.15) is 22.6 Å². The normalized spacial score (nSPS) is 12.6. The molecule has 0 bridgehead atoms. The van der Waals surface area contributed by atoms with Gasteiger partial charge in [0.05, 0.1) is 22.0 Å². The molecule has 0 saturated carbocycles. The molecule has 0 radical (unpaired) electrons. The third-order valence-corrected chi connectivity index (χ3v) is 5.83. The van der Waals surface area contributed by atoms with Gasteiger partial charge in [0, 0.05) is 19.3 Å². The topological polar surface area (TPSA) is 123 Å². The summed E-state index contributed by atoms with van der Waals surface area (Å²) in [5, 5.41) is 6.36. The highest BCUT2D eigenvalue weighted by Gasteiger charge is 2.24. The maximum absolute atomic E-state index is 13.0. The lowest BCUT2D eigenvalue weighted by Gasteiger charge is -2.20. The van der Waals surface area contributed by atoms with E-state index < -0.39 is 12.0 Å². The molecule has 2 atom stereocenters. The summed E-state index contributed by atoms with van der Waals surface area (Å²) in [6.45, 7) is 0.302. The van der Waals surface area contributed by atoms with Crippen molar-refractivity contribution >= 4 is 40.8 Å². The van der Waals surface area contributed by atoms with E-state index in [4.69, 9.17) is 34.7 Å². The minimum absolute atomic E-state index is 0.0467. The average molecular weight is 486 g/mol. The maximum atomic E-state index is 13.0. The summed E-state index contributed by atoms with van der Waals surface area (Å²) in [5.74, 6) is -0.940. The first-order valence-electron chi connectivity index (χ1n) is 10.3. The number of nitrogens with one attached hydrogen (secondary N) is 2. The number of hydrogen-bond acceptors (Lipinski definition) is 5. The summed E-state index contributed by atoms with van der Waals surface area (Å²) < 4.78 is 0. The Hall–Kier alpha value is -3.13. The largest absolute Gasteiger partial charge is 0.384 e. The van der Waals surface area contributed by atoms with Gasteiger partial charge in [-0.2, -0.15) is 0 Å². The van der Waals surface area contributed by atoms with Crippen LogP contribution in [-0.2, 0) is 22.6 Å². The van der Waals surface area contributed by atoms with Gasteiger partial charge in [-0.1, -0.05) is 65.7 Å². The molecule has 0 aliphatic rings. The Morgan fingerprint density at radius 1 is 0.909 bits per heavy atom. The molecule has 172 valence electrons. The van der Waals surface area contributed by atoms with Crippen LogP contribution in [0.4, 0.5) is 5.82 Å². The number of anilines is 1. The van der Waals surface area contributed by atoms with Gasteiger partial charge in [-0.15, -0.1) is 0 Å². The predicted molar refractivity (Wildman–Crippen MR) is 131 cm³/mol. The van der Waals surface area contributed by atoms with Crippen LogP contribution in [0.3, 0.4) is 0 Å². The molecule has 2 amide bonds. The second-order valence-corrected chi connectivity index (χ2v) is 8.39. The number of aromatic nitrogens is 1. The third-order valence-electron chi connectivity index (χ3n) is 5.09. The molecule has 1 aromatic heterocycles. The number of rotatable bonds is 9. The van der Waals surface area contributed by atoms with Crippen LogP contribution >= 0.6 is 23.2 Å². The van der Waals surface area contributed by atoms with E-state index in [2.05, 4.69) is 15.6 Å². The minimum atomic E-state index is -0.745. The van der Waals surface area contributed by atoms with Crippen LogP contribution in [0.15, 0.2) is 66.9 Å². The van der Waals surface area contributed by atoms with Crippen LogP contribution in [0.5, 0.6) is 0 Å². The van der Waals surface area contributed by atoms with E-state index in [1.54, 1.807) is 36.5 Å². The van der Waals surface area contributed by atoms with E-state index in [1.807, 2.05) is 30.3 Å². The smallest absolute Gasteiger partial charge is 0.237 e. The molecule has 1 heterocycles. The van der Waals surface area contributed by atoms with Gasteiger partial charge >= 0.3 is 0 Å². The monoisotopic (exact) mass is 485 g/mol. The van der Waals surface area contributed by atoms with Crippen molar-refractivity contribution in [3.63, 3.8) is 0 Å². The summed E-state index contributed by atoms with van der Waals surface area (Å²) in [5.41, 5.74) is 14.0. The van der Waals surface area contributed by atoms with Crippen molar-refractivity contribution < 1.29 is 9.59 Å². The first-order chi connectivity index (χ1) is 15.8. The van der Waals surface area contributed by atoms with Gasteiger partial charge in [-0.25, -0.2) is 4.98 Å². The minimum Gasteiger partial charge on any atom is -0.384 e. The van der Waals surface area contributed by atoms with Crippen LogP contribution in [0.25, 0.3) is 0 Å². The summed E-state index contributed by atoms with van der Waals surface area (Å²) in [6.07, 6.45) is 1.98. The van der Waals surface area contributed by atoms with Crippen molar-refractivity contribution in [1.29, 1.82) is 0 Å². The lowest BCUT2D eigenvalue weighted by atomic mass is 9.97. The van der Waals surface area contributed by atoms with E-state index >= 15 is 0 Å². The SMILES string of the molecule is Nc1ccc(CNC(=O)[C@@H](CNC(=O)[C@H](N)Cc2ccccc2)c2ccc(Cl)c(Cl)c2)cn1. The van der Waals surface area contributed by atoms with Crippen molar-refractivity contribution in [2.24, 2.45) is 5.73 Å². The van der Waals surface area contributed by atoms with Crippen LogP contribution in [0.2, 0.25) is 10.0 Å². The fourth-order valence-corrected chi connectivity index (χ4v) is 3.54. The number of nitrogens with two attached hydrogens (primary N) is 2. The van der Waals surface area contributed by atoms with Gasteiger partial charge in [0.25, 0.3) is 0 Å². The van der Waals surface area contributed by atoms with Crippen LogP contribution in [0, 0.1) is 0 Å². The molecule has 0 aliphatic heterocycles. The summed E-state index contributed by atoms with van der Waals surface area (Å²) >= 11 is 12.2. The van der Waals surface area contributed by atoms with Gasteiger partial charge in [0.15, 0.2) is 0 Å². The summed E-state index contributed by atoms with van der Waals surface area (Å²) in [4.78, 5) is 29.7. The van der Waals surface area contributed by atoms with Gasteiger partial charge in [0.1, 0.15) is 5.82 Å². The Morgan fingerprint density at radius 2 is 1.67 bits per heavy atom. The number of nitrogens with zero attached hydrogens (tertiary/aromatic N) is 1. The molecule has 0 aliphatic carbocycles. The molecule has 7 nitrogen and oxygen atoms in total. The molecule has 33 heavy (non-hydrogen) atoms. The van der Waals surface area contributed by atoms with Crippen molar-refractivity contribution in [3.05, 3.63) is 93.6 Å². The number of carbonyl (C=O) groups is 2. The quantitative estimate of drug-likeness (QED) is 0.370. The van der Waals surface area contributed by atoms with Crippen LogP contribution in [-0.4, -0.2) is 29.4 Å². The number of nitrogen functional groups attached to an aromatic ring is 1. The highest BCUT2D eigenvalue weighted by atomic mass is 35.5. The molecule has 9 heteroatoms. The zero-order chi connectivity index (χ0) is 23.8. The number of hydrogen-bond donors (Lipinski definition) is 4. The second-order valence-electron chi connectivity index (χ2n) is 7.58.